The lowest BCUT2D eigenvalue weighted by Crippen LogP contribution is -2.06. The first kappa shape index (κ1) is 45.9. The molecule has 0 unspecified atom stereocenters. The number of hydrogen-bond donors (Lipinski definition) is 1. The summed E-state index contributed by atoms with van der Waals surface area (Å²) in [6, 6.07) is 0. The van der Waals surface area contributed by atoms with Gasteiger partial charge in [0.05, 0.1) is 0 Å². The van der Waals surface area contributed by atoms with E-state index in [1.54, 1.807) is 5.57 Å². The van der Waals surface area contributed by atoms with Crippen molar-refractivity contribution in [2.45, 2.75) is 142 Å². The molecule has 0 aliphatic heterocycles. The Balaban J connectivity index is -0.0000000421. The van der Waals surface area contributed by atoms with Gasteiger partial charge in [0.25, 0.3) is 0 Å². The van der Waals surface area contributed by atoms with E-state index >= 15 is 0 Å². The molecule has 0 radical (unpaired) electrons. The van der Waals surface area contributed by atoms with Crippen molar-refractivity contribution >= 4 is 0 Å². The maximum atomic E-state index is 3.07. The summed E-state index contributed by atoms with van der Waals surface area (Å²) in [7, 11) is 1.98. The molecule has 0 rings (SSSR count). The second-order valence-electron chi connectivity index (χ2n) is 5.27. The molecule has 178 valence electrons. The van der Waals surface area contributed by atoms with Gasteiger partial charge < -0.3 is 5.32 Å². The number of nitrogens with one attached hydrogen (secondary N) is 1. The van der Waals surface area contributed by atoms with Gasteiger partial charge in [-0.3, -0.25) is 0 Å². The highest BCUT2D eigenvalue weighted by Crippen LogP contribution is 2.07. The Hall–Kier alpha value is -0.560. The van der Waals surface area contributed by atoms with Crippen LogP contribution in [0.1, 0.15) is 142 Å². The van der Waals surface area contributed by atoms with Crippen LogP contribution in [-0.2, 0) is 0 Å². The Kier molecular flexibility index (Phi) is 135. The van der Waals surface area contributed by atoms with Gasteiger partial charge in [-0.15, -0.1) is 0 Å². The third kappa shape index (κ3) is 116. The van der Waals surface area contributed by atoms with Gasteiger partial charge in [-0.2, -0.15) is 0 Å². The fourth-order valence-corrected chi connectivity index (χ4v) is 1.28. The standard InChI is InChI=1S/C10H18.C5H13N.2C3H8.3C2H6/c1-4-7-9-10(6-3)8-5-2;1-3-4-5-6-2;2*1-3-2;3*1-2/h4,7-8H,5-6,9H2,1-3H3;6H,3-5H2,1-2H3;2*3H2,1-2H3;3*1-2H3/b7-4-,10-8-;;;;;;. The molecule has 1 nitrogen and oxygen atoms in total. The van der Waals surface area contributed by atoms with Crippen LogP contribution in [0.3, 0.4) is 0 Å². The summed E-state index contributed by atoms with van der Waals surface area (Å²) in [5.41, 5.74) is 1.56. The largest absolute Gasteiger partial charge is 0.320 e. The van der Waals surface area contributed by atoms with Crippen LogP contribution in [-0.4, -0.2) is 13.6 Å². The van der Waals surface area contributed by atoms with E-state index in [1.165, 1.54) is 38.5 Å². The normalized spacial score (nSPS) is 8.46. The molecule has 0 saturated heterocycles. The summed E-state index contributed by atoms with van der Waals surface area (Å²) < 4.78 is 0. The van der Waals surface area contributed by atoms with E-state index in [0.717, 1.165) is 13.0 Å². The van der Waals surface area contributed by atoms with Crippen molar-refractivity contribution in [3.8, 4) is 0 Å². The zero-order chi connectivity index (χ0) is 24.1. The molecule has 0 aromatic rings. The molecule has 28 heavy (non-hydrogen) atoms. The molecule has 1 N–H and O–H groups in total. The Morgan fingerprint density at radius 1 is 0.750 bits per heavy atom. The Bertz CT molecular complexity index is 186. The summed E-state index contributed by atoms with van der Waals surface area (Å²) in [6.07, 6.45) is 15.2. The van der Waals surface area contributed by atoms with Crippen LogP contribution < -0.4 is 5.32 Å². The molecule has 0 amide bonds. The van der Waals surface area contributed by atoms with E-state index in [4.69, 9.17) is 0 Å². The van der Waals surface area contributed by atoms with Crippen LogP contribution in [0.15, 0.2) is 23.8 Å². The first-order valence-corrected chi connectivity index (χ1v) is 12.5. The van der Waals surface area contributed by atoms with Gasteiger partial charge in [0, 0.05) is 0 Å². The predicted molar refractivity (Wildman–Crippen MR) is 143 cm³/mol. The van der Waals surface area contributed by atoms with Gasteiger partial charge in [-0.05, 0) is 46.2 Å². The zero-order valence-electron chi connectivity index (χ0n) is 23.4. The van der Waals surface area contributed by atoms with Crippen LogP contribution in [0.5, 0.6) is 0 Å². The van der Waals surface area contributed by atoms with Crippen LogP contribution in [0.25, 0.3) is 0 Å². The van der Waals surface area contributed by atoms with Crippen molar-refractivity contribution in [1.82, 2.24) is 5.32 Å². The summed E-state index contributed by atoms with van der Waals surface area (Å²) in [5, 5.41) is 3.07. The summed E-state index contributed by atoms with van der Waals surface area (Å²) in [6.45, 7) is 30.3. The topological polar surface area (TPSA) is 12.0 Å². The van der Waals surface area contributed by atoms with Gasteiger partial charge in [0.2, 0.25) is 0 Å². The van der Waals surface area contributed by atoms with Crippen LogP contribution in [0.4, 0.5) is 0 Å². The zero-order valence-corrected chi connectivity index (χ0v) is 23.4. The lowest BCUT2D eigenvalue weighted by molar-refractivity contribution is 0.711. The highest BCUT2D eigenvalue weighted by Gasteiger charge is 1.87. The van der Waals surface area contributed by atoms with E-state index in [2.05, 4.69) is 78.9 Å². The molecular formula is C27H65N. The molecule has 0 aromatic heterocycles. The molecule has 0 heterocycles. The molecule has 0 fully saturated rings. The van der Waals surface area contributed by atoms with E-state index in [1.807, 2.05) is 48.6 Å². The highest BCUT2D eigenvalue weighted by molar-refractivity contribution is 5.06. The van der Waals surface area contributed by atoms with Crippen molar-refractivity contribution in [2.24, 2.45) is 0 Å². The maximum Gasteiger partial charge on any atom is -0.00520 e. The minimum atomic E-state index is 1.14. The number of allylic oxidation sites excluding steroid dienone is 4. The maximum absolute atomic E-state index is 3.07. The summed E-state index contributed by atoms with van der Waals surface area (Å²) in [5.74, 6) is 0. The third-order valence-electron chi connectivity index (χ3n) is 2.34. The third-order valence-corrected chi connectivity index (χ3v) is 2.34. The molecule has 0 atom stereocenters. The van der Waals surface area contributed by atoms with Crippen molar-refractivity contribution in [1.29, 1.82) is 0 Å². The Morgan fingerprint density at radius 3 is 1.32 bits per heavy atom. The van der Waals surface area contributed by atoms with Gasteiger partial charge in [-0.25, -0.2) is 0 Å². The van der Waals surface area contributed by atoms with Crippen molar-refractivity contribution in [3.05, 3.63) is 23.8 Å². The van der Waals surface area contributed by atoms with Crippen LogP contribution in [0.2, 0.25) is 0 Å². The van der Waals surface area contributed by atoms with E-state index in [-0.39, 0.29) is 0 Å². The van der Waals surface area contributed by atoms with Crippen molar-refractivity contribution in [3.63, 3.8) is 0 Å². The van der Waals surface area contributed by atoms with Crippen molar-refractivity contribution < 1.29 is 0 Å². The lowest BCUT2D eigenvalue weighted by Gasteiger charge is -1.97. The Labute approximate surface area is 184 Å². The number of unbranched alkanes of at least 4 members (excludes halogenated alkanes) is 1. The minimum Gasteiger partial charge on any atom is -0.320 e. The minimum absolute atomic E-state index is 1.14. The fraction of sp³-hybridized carbons (Fsp3) is 0.852. The first-order chi connectivity index (χ1) is 13.6. The van der Waals surface area contributed by atoms with Crippen LogP contribution in [0, 0.1) is 0 Å². The van der Waals surface area contributed by atoms with Gasteiger partial charge in [-0.1, -0.05) is 133 Å². The average Bonchev–Trinajstić information content (AvgIpc) is 2.75. The number of rotatable bonds is 7. The first-order valence-electron chi connectivity index (χ1n) is 12.5. The number of hydrogen-bond acceptors (Lipinski definition) is 1. The molecule has 0 saturated carbocycles. The average molecular weight is 404 g/mol. The SMILES string of the molecule is C/C=C\C/C(=C\CC)CC.CC.CC.CC.CCC.CCC.CCCCNC. The summed E-state index contributed by atoms with van der Waals surface area (Å²) >= 11 is 0. The molecule has 0 spiro atoms. The second-order valence-corrected chi connectivity index (χ2v) is 5.27. The lowest BCUT2D eigenvalue weighted by atomic mass is 10.1. The van der Waals surface area contributed by atoms with E-state index < -0.39 is 0 Å². The van der Waals surface area contributed by atoms with E-state index in [0.29, 0.717) is 0 Å². The smallest absolute Gasteiger partial charge is 0.00520 e. The van der Waals surface area contributed by atoms with Gasteiger partial charge in [0.1, 0.15) is 0 Å². The second kappa shape index (κ2) is 82.1. The van der Waals surface area contributed by atoms with E-state index in [9.17, 15) is 0 Å². The monoisotopic (exact) mass is 404 g/mol. The fourth-order valence-electron chi connectivity index (χ4n) is 1.28. The molecular weight excluding hydrogens is 338 g/mol. The Morgan fingerprint density at radius 2 is 1.14 bits per heavy atom. The van der Waals surface area contributed by atoms with Crippen LogP contribution >= 0.6 is 0 Å². The quantitative estimate of drug-likeness (QED) is 0.329. The summed E-state index contributed by atoms with van der Waals surface area (Å²) in [4.78, 5) is 0. The predicted octanol–water partition coefficient (Wildman–Crippen LogP) is 10.6. The van der Waals surface area contributed by atoms with Gasteiger partial charge >= 0.3 is 0 Å². The molecule has 0 aliphatic rings. The molecule has 1 heteroatoms. The van der Waals surface area contributed by atoms with Gasteiger partial charge in [0.15, 0.2) is 0 Å². The highest BCUT2D eigenvalue weighted by atomic mass is 14.8. The molecule has 0 aromatic carbocycles. The molecule has 0 bridgehead atoms. The molecule has 0 aliphatic carbocycles. The van der Waals surface area contributed by atoms with Crippen molar-refractivity contribution in [2.75, 3.05) is 13.6 Å².